The summed E-state index contributed by atoms with van der Waals surface area (Å²) in [5.74, 6) is 0.511. The van der Waals surface area contributed by atoms with Crippen LogP contribution in [0.3, 0.4) is 0 Å². The largest absolute Gasteiger partial charge is 0.344 e. The molecule has 2 fully saturated rings. The number of rotatable bonds is 7. The number of benzene rings is 1. The fourth-order valence-corrected chi connectivity index (χ4v) is 3.94. The summed E-state index contributed by atoms with van der Waals surface area (Å²) in [5, 5.41) is 2.96. The molecule has 1 saturated carbocycles. The Morgan fingerprint density at radius 2 is 1.79 bits per heavy atom. The average molecular weight is 400 g/mol. The van der Waals surface area contributed by atoms with E-state index in [0.717, 1.165) is 18.4 Å². The molecular formula is C23H33N3O3. The third kappa shape index (κ3) is 5.81. The lowest BCUT2D eigenvalue weighted by Gasteiger charge is -2.41. The topological polar surface area (TPSA) is 69.7 Å². The van der Waals surface area contributed by atoms with Crippen molar-refractivity contribution in [2.75, 3.05) is 19.6 Å². The molecule has 2 unspecified atom stereocenters. The van der Waals surface area contributed by atoms with Crippen LogP contribution >= 0.6 is 0 Å². The summed E-state index contributed by atoms with van der Waals surface area (Å²) in [6.45, 7) is 7.59. The highest BCUT2D eigenvalue weighted by Crippen LogP contribution is 2.32. The van der Waals surface area contributed by atoms with Gasteiger partial charge in [0.25, 0.3) is 0 Å². The normalized spacial score (nSPS) is 20.5. The molecule has 6 heteroatoms. The minimum absolute atomic E-state index is 0.00420. The molecule has 1 N–H and O–H groups in total. The molecule has 29 heavy (non-hydrogen) atoms. The average Bonchev–Trinajstić information content (AvgIpc) is 3.52. The van der Waals surface area contributed by atoms with Crippen molar-refractivity contribution in [2.45, 2.75) is 58.5 Å². The molecule has 3 amide bonds. The molecule has 3 rings (SSSR count). The molecule has 0 radical (unpaired) electrons. The van der Waals surface area contributed by atoms with Crippen LogP contribution in [0.25, 0.3) is 0 Å². The summed E-state index contributed by atoms with van der Waals surface area (Å²) in [5.41, 5.74) is 1.02. The maximum Gasteiger partial charge on any atom is 0.245 e. The van der Waals surface area contributed by atoms with Crippen molar-refractivity contribution < 1.29 is 14.4 Å². The van der Waals surface area contributed by atoms with Crippen LogP contribution in [-0.4, -0.2) is 59.2 Å². The van der Waals surface area contributed by atoms with Gasteiger partial charge in [-0.25, -0.2) is 0 Å². The molecule has 2 aliphatic rings. The minimum atomic E-state index is -0.582. The zero-order valence-electron chi connectivity index (χ0n) is 17.8. The van der Waals surface area contributed by atoms with Gasteiger partial charge < -0.3 is 15.1 Å². The number of carbonyl (C=O) groups excluding carboxylic acids is 3. The fraction of sp³-hybridized carbons (Fsp3) is 0.609. The zero-order valence-corrected chi connectivity index (χ0v) is 17.8. The molecule has 0 aromatic heterocycles. The lowest BCUT2D eigenvalue weighted by Crippen LogP contribution is -2.59. The van der Waals surface area contributed by atoms with Crippen LogP contribution in [0.15, 0.2) is 30.3 Å². The van der Waals surface area contributed by atoms with E-state index in [1.807, 2.05) is 60.9 Å². The number of hydrogen-bond donors (Lipinski definition) is 1. The molecule has 1 heterocycles. The van der Waals surface area contributed by atoms with Crippen LogP contribution in [0.1, 0.15) is 45.6 Å². The summed E-state index contributed by atoms with van der Waals surface area (Å²) in [7, 11) is 0. The van der Waals surface area contributed by atoms with Gasteiger partial charge in [-0.1, -0.05) is 44.2 Å². The molecule has 0 bridgehead atoms. The van der Waals surface area contributed by atoms with Gasteiger partial charge in [-0.3, -0.25) is 14.4 Å². The first kappa shape index (κ1) is 21.3. The van der Waals surface area contributed by atoms with E-state index < -0.39 is 6.04 Å². The molecular weight excluding hydrogens is 366 g/mol. The van der Waals surface area contributed by atoms with Crippen molar-refractivity contribution >= 4 is 17.7 Å². The molecule has 1 aliphatic heterocycles. The van der Waals surface area contributed by atoms with Gasteiger partial charge in [0.2, 0.25) is 17.7 Å². The van der Waals surface area contributed by atoms with E-state index in [9.17, 15) is 14.4 Å². The van der Waals surface area contributed by atoms with Crippen molar-refractivity contribution in [3.05, 3.63) is 35.9 Å². The highest BCUT2D eigenvalue weighted by Gasteiger charge is 2.39. The lowest BCUT2D eigenvalue weighted by molar-refractivity contribution is -0.145. The Kier molecular flexibility index (Phi) is 6.93. The van der Waals surface area contributed by atoms with E-state index in [0.29, 0.717) is 32.5 Å². The molecule has 6 nitrogen and oxygen atoms in total. The van der Waals surface area contributed by atoms with E-state index in [4.69, 9.17) is 0 Å². The Labute approximate surface area is 173 Å². The number of carbonyl (C=O) groups is 3. The number of nitrogens with one attached hydrogen (secondary N) is 1. The van der Waals surface area contributed by atoms with Crippen LogP contribution in [-0.2, 0) is 20.8 Å². The summed E-state index contributed by atoms with van der Waals surface area (Å²) in [6, 6.07) is 9.20. The van der Waals surface area contributed by atoms with E-state index >= 15 is 0 Å². The Bertz CT molecular complexity index is 730. The quantitative estimate of drug-likeness (QED) is 0.764. The maximum atomic E-state index is 13.3. The summed E-state index contributed by atoms with van der Waals surface area (Å²) in [4.78, 5) is 41.9. The Morgan fingerprint density at radius 1 is 1.10 bits per heavy atom. The number of hydrogen-bond acceptors (Lipinski definition) is 3. The van der Waals surface area contributed by atoms with Gasteiger partial charge >= 0.3 is 0 Å². The van der Waals surface area contributed by atoms with Gasteiger partial charge in [-0.05, 0) is 31.2 Å². The monoisotopic (exact) mass is 399 g/mol. The first-order valence-corrected chi connectivity index (χ1v) is 10.8. The Hall–Kier alpha value is -2.37. The second-order valence-electron chi connectivity index (χ2n) is 8.85. The SMILES string of the molecule is CC(C)CC(=O)NC(Cc1ccccc1)C(=O)N1CCN(C(=O)C2CC2)C(C)C1. The second kappa shape index (κ2) is 9.42. The van der Waals surface area contributed by atoms with Crippen molar-refractivity contribution in [3.8, 4) is 0 Å². The minimum Gasteiger partial charge on any atom is -0.344 e. The van der Waals surface area contributed by atoms with Crippen molar-refractivity contribution in [3.63, 3.8) is 0 Å². The number of amides is 3. The van der Waals surface area contributed by atoms with Gasteiger partial charge in [-0.2, -0.15) is 0 Å². The Balaban J connectivity index is 1.66. The third-order valence-corrected chi connectivity index (χ3v) is 5.66. The first-order valence-electron chi connectivity index (χ1n) is 10.8. The summed E-state index contributed by atoms with van der Waals surface area (Å²) in [6.07, 6.45) is 2.86. The number of piperazine rings is 1. The highest BCUT2D eigenvalue weighted by molar-refractivity contribution is 5.88. The summed E-state index contributed by atoms with van der Waals surface area (Å²) >= 11 is 0. The van der Waals surface area contributed by atoms with Crippen LogP contribution in [0, 0.1) is 11.8 Å². The van der Waals surface area contributed by atoms with Crippen LogP contribution < -0.4 is 5.32 Å². The fourth-order valence-electron chi connectivity index (χ4n) is 3.94. The van der Waals surface area contributed by atoms with E-state index in [1.54, 1.807) is 0 Å². The molecule has 158 valence electrons. The molecule has 1 aromatic carbocycles. The second-order valence-corrected chi connectivity index (χ2v) is 8.85. The predicted octanol–water partition coefficient (Wildman–Crippen LogP) is 2.23. The van der Waals surface area contributed by atoms with Gasteiger partial charge in [0.05, 0.1) is 0 Å². The predicted molar refractivity (Wildman–Crippen MR) is 112 cm³/mol. The summed E-state index contributed by atoms with van der Waals surface area (Å²) < 4.78 is 0. The first-order chi connectivity index (χ1) is 13.8. The third-order valence-electron chi connectivity index (χ3n) is 5.66. The lowest BCUT2D eigenvalue weighted by atomic mass is 10.0. The molecule has 0 spiro atoms. The zero-order chi connectivity index (χ0) is 21.0. The smallest absolute Gasteiger partial charge is 0.245 e. The van der Waals surface area contributed by atoms with Crippen molar-refractivity contribution in [1.29, 1.82) is 0 Å². The van der Waals surface area contributed by atoms with Gasteiger partial charge in [-0.15, -0.1) is 0 Å². The van der Waals surface area contributed by atoms with Crippen LogP contribution in [0.5, 0.6) is 0 Å². The van der Waals surface area contributed by atoms with Gasteiger partial charge in [0, 0.05) is 44.4 Å². The van der Waals surface area contributed by atoms with Crippen molar-refractivity contribution in [2.24, 2.45) is 11.8 Å². The molecule has 1 aromatic rings. The highest BCUT2D eigenvalue weighted by atomic mass is 16.2. The van der Waals surface area contributed by atoms with Crippen molar-refractivity contribution in [1.82, 2.24) is 15.1 Å². The van der Waals surface area contributed by atoms with Gasteiger partial charge in [0.1, 0.15) is 6.04 Å². The van der Waals surface area contributed by atoms with Gasteiger partial charge in [0.15, 0.2) is 0 Å². The van der Waals surface area contributed by atoms with E-state index in [-0.39, 0.29) is 35.6 Å². The number of nitrogens with zero attached hydrogens (tertiary/aromatic N) is 2. The van der Waals surface area contributed by atoms with E-state index in [2.05, 4.69) is 5.32 Å². The molecule has 2 atom stereocenters. The van der Waals surface area contributed by atoms with E-state index in [1.165, 1.54) is 0 Å². The Morgan fingerprint density at radius 3 is 2.38 bits per heavy atom. The standard InChI is InChI=1S/C23H33N3O3/c1-16(2)13-21(27)24-20(14-18-7-5-4-6-8-18)23(29)25-11-12-26(17(3)15-25)22(28)19-9-10-19/h4-8,16-17,19-20H,9-15H2,1-3H3,(H,24,27). The maximum absolute atomic E-state index is 13.3. The molecule has 1 aliphatic carbocycles. The van der Waals surface area contributed by atoms with Crippen LogP contribution in [0.4, 0.5) is 0 Å². The van der Waals surface area contributed by atoms with Crippen LogP contribution in [0.2, 0.25) is 0 Å². The molecule has 1 saturated heterocycles.